The van der Waals surface area contributed by atoms with Gasteiger partial charge in [0.25, 0.3) is 0 Å². The van der Waals surface area contributed by atoms with Crippen molar-refractivity contribution in [1.29, 1.82) is 0 Å². The average Bonchev–Trinajstić information content (AvgIpc) is 2.70. The van der Waals surface area contributed by atoms with Gasteiger partial charge in [0.2, 0.25) is 0 Å². The van der Waals surface area contributed by atoms with Gasteiger partial charge in [-0.1, -0.05) is 15.9 Å². The van der Waals surface area contributed by atoms with Crippen molar-refractivity contribution >= 4 is 15.9 Å². The third-order valence-corrected chi connectivity index (χ3v) is 3.08. The zero-order valence-corrected chi connectivity index (χ0v) is 11.5. The van der Waals surface area contributed by atoms with Crippen LogP contribution in [-0.2, 0) is 13.1 Å². The molecule has 0 bridgehead atoms. The Morgan fingerprint density at radius 3 is 2.65 bits per heavy atom. The van der Waals surface area contributed by atoms with Gasteiger partial charge < -0.3 is 10.3 Å². The lowest BCUT2D eigenvalue weighted by Crippen LogP contribution is -2.08. The maximum Gasteiger partial charge on any atom is 0.164 e. The molecule has 1 aromatic carbocycles. The lowest BCUT2D eigenvalue weighted by Gasteiger charge is -2.07. The van der Waals surface area contributed by atoms with Gasteiger partial charge in [-0.3, -0.25) is 0 Å². The normalized spacial score (nSPS) is 10.8. The third-order valence-electron chi connectivity index (χ3n) is 2.63. The van der Waals surface area contributed by atoms with Gasteiger partial charge in [0.15, 0.2) is 5.82 Å². The predicted molar refractivity (Wildman–Crippen MR) is 71.5 cm³/mol. The molecule has 0 radical (unpaired) electrons. The van der Waals surface area contributed by atoms with Gasteiger partial charge >= 0.3 is 0 Å². The first kappa shape index (κ1) is 12.3. The van der Waals surface area contributed by atoms with Crippen LogP contribution in [0.15, 0.2) is 22.7 Å². The molecule has 2 N–H and O–H groups in total. The monoisotopic (exact) mass is 294 g/mol. The summed E-state index contributed by atoms with van der Waals surface area (Å²) in [6.45, 7) is 5.36. The summed E-state index contributed by atoms with van der Waals surface area (Å²) in [7, 11) is 0. The number of hydrogen-bond acceptors (Lipinski definition) is 3. The largest absolute Gasteiger partial charge is 0.324 e. The smallest absolute Gasteiger partial charge is 0.164 e. The highest BCUT2D eigenvalue weighted by Crippen LogP contribution is 2.24. The second-order valence-corrected chi connectivity index (χ2v) is 4.82. The molecule has 0 aliphatic heterocycles. The van der Waals surface area contributed by atoms with E-state index in [4.69, 9.17) is 5.73 Å². The molecule has 90 valence electrons. The number of benzene rings is 1. The second kappa shape index (κ2) is 4.98. The van der Waals surface area contributed by atoms with E-state index in [9.17, 15) is 0 Å². The summed E-state index contributed by atoms with van der Waals surface area (Å²) in [6, 6.07) is 6.21. The first-order valence-electron chi connectivity index (χ1n) is 5.55. The third kappa shape index (κ3) is 2.40. The summed E-state index contributed by atoms with van der Waals surface area (Å²) in [5.41, 5.74) is 7.90. The zero-order valence-electron chi connectivity index (χ0n) is 9.94. The summed E-state index contributed by atoms with van der Waals surface area (Å²) < 4.78 is 3.09. The molecule has 0 aliphatic carbocycles. The lowest BCUT2D eigenvalue weighted by atomic mass is 10.1. The molecule has 0 unspecified atom stereocenters. The van der Waals surface area contributed by atoms with Crippen LogP contribution in [0.1, 0.15) is 18.3 Å². The van der Waals surface area contributed by atoms with Crippen LogP contribution in [0.4, 0.5) is 0 Å². The van der Waals surface area contributed by atoms with Crippen LogP contribution < -0.4 is 5.73 Å². The Kier molecular flexibility index (Phi) is 3.59. The molecule has 2 aromatic rings. The van der Waals surface area contributed by atoms with Crippen LogP contribution in [0.5, 0.6) is 0 Å². The molecule has 0 atom stereocenters. The van der Waals surface area contributed by atoms with Crippen molar-refractivity contribution in [1.82, 2.24) is 14.8 Å². The lowest BCUT2D eigenvalue weighted by molar-refractivity contribution is 0.704. The van der Waals surface area contributed by atoms with Gasteiger partial charge in [-0.15, -0.1) is 10.2 Å². The molecule has 2 rings (SSSR count). The first-order chi connectivity index (χ1) is 8.15. The van der Waals surface area contributed by atoms with Crippen LogP contribution in [0.3, 0.4) is 0 Å². The standard InChI is InChI=1S/C12H15BrN4/c1-3-17-11(7-14)15-16-12(17)9-4-8(2)5-10(13)6-9/h4-6H,3,7,14H2,1-2H3. The molecular weight excluding hydrogens is 280 g/mol. The highest BCUT2D eigenvalue weighted by molar-refractivity contribution is 9.10. The SMILES string of the molecule is CCn1c(CN)nnc1-c1cc(C)cc(Br)c1. The molecule has 4 nitrogen and oxygen atoms in total. The van der Waals surface area contributed by atoms with E-state index in [0.29, 0.717) is 6.54 Å². The Morgan fingerprint density at radius 1 is 1.29 bits per heavy atom. The Morgan fingerprint density at radius 2 is 2.06 bits per heavy atom. The molecule has 1 aromatic heterocycles. The van der Waals surface area contributed by atoms with Crippen molar-refractivity contribution in [3.8, 4) is 11.4 Å². The van der Waals surface area contributed by atoms with E-state index in [1.165, 1.54) is 5.56 Å². The van der Waals surface area contributed by atoms with Crippen molar-refractivity contribution in [3.05, 3.63) is 34.1 Å². The Bertz CT molecular complexity index is 513. The maximum atomic E-state index is 5.64. The van der Waals surface area contributed by atoms with Gasteiger partial charge in [0, 0.05) is 16.6 Å². The Balaban J connectivity index is 2.55. The fourth-order valence-corrected chi connectivity index (χ4v) is 2.51. The van der Waals surface area contributed by atoms with E-state index < -0.39 is 0 Å². The van der Waals surface area contributed by atoms with Gasteiger partial charge in [-0.25, -0.2) is 0 Å². The van der Waals surface area contributed by atoms with E-state index in [1.807, 2.05) is 10.6 Å². The van der Waals surface area contributed by atoms with Crippen molar-refractivity contribution < 1.29 is 0 Å². The maximum absolute atomic E-state index is 5.64. The number of halogens is 1. The molecule has 1 heterocycles. The number of nitrogens with two attached hydrogens (primary N) is 1. The molecular formula is C12H15BrN4. The van der Waals surface area contributed by atoms with Crippen LogP contribution in [0.25, 0.3) is 11.4 Å². The fourth-order valence-electron chi connectivity index (χ4n) is 1.90. The summed E-state index contributed by atoms with van der Waals surface area (Å²) in [5.74, 6) is 1.69. The minimum absolute atomic E-state index is 0.411. The van der Waals surface area contributed by atoms with Crippen molar-refractivity contribution in [2.45, 2.75) is 26.9 Å². The fraction of sp³-hybridized carbons (Fsp3) is 0.333. The number of aryl methyl sites for hydroxylation is 1. The van der Waals surface area contributed by atoms with E-state index in [2.05, 4.69) is 52.1 Å². The topological polar surface area (TPSA) is 56.7 Å². The molecule has 0 spiro atoms. The number of rotatable bonds is 3. The highest BCUT2D eigenvalue weighted by atomic mass is 79.9. The van der Waals surface area contributed by atoms with Crippen LogP contribution in [-0.4, -0.2) is 14.8 Å². The first-order valence-corrected chi connectivity index (χ1v) is 6.34. The van der Waals surface area contributed by atoms with E-state index in [-0.39, 0.29) is 0 Å². The van der Waals surface area contributed by atoms with Crippen LogP contribution in [0.2, 0.25) is 0 Å². The second-order valence-electron chi connectivity index (χ2n) is 3.91. The van der Waals surface area contributed by atoms with E-state index in [0.717, 1.165) is 28.2 Å². The summed E-state index contributed by atoms with van der Waals surface area (Å²) in [5, 5.41) is 8.34. The van der Waals surface area contributed by atoms with E-state index in [1.54, 1.807) is 0 Å². The van der Waals surface area contributed by atoms with Gasteiger partial charge in [-0.2, -0.15) is 0 Å². The molecule has 5 heteroatoms. The molecule has 0 fully saturated rings. The van der Waals surface area contributed by atoms with Crippen molar-refractivity contribution in [2.75, 3.05) is 0 Å². The molecule has 0 aliphatic rings. The van der Waals surface area contributed by atoms with E-state index >= 15 is 0 Å². The van der Waals surface area contributed by atoms with Gasteiger partial charge in [0.1, 0.15) is 5.82 Å². The van der Waals surface area contributed by atoms with Crippen LogP contribution >= 0.6 is 15.9 Å². The Hall–Kier alpha value is -1.20. The number of nitrogens with zero attached hydrogens (tertiary/aromatic N) is 3. The minimum Gasteiger partial charge on any atom is -0.324 e. The highest BCUT2D eigenvalue weighted by Gasteiger charge is 2.11. The predicted octanol–water partition coefficient (Wildman–Crippen LogP) is 2.49. The quantitative estimate of drug-likeness (QED) is 0.946. The average molecular weight is 295 g/mol. The van der Waals surface area contributed by atoms with Crippen molar-refractivity contribution in [3.63, 3.8) is 0 Å². The van der Waals surface area contributed by atoms with Gasteiger partial charge in [0.05, 0.1) is 6.54 Å². The minimum atomic E-state index is 0.411. The number of aromatic nitrogens is 3. The van der Waals surface area contributed by atoms with Crippen molar-refractivity contribution in [2.24, 2.45) is 5.73 Å². The molecule has 0 saturated heterocycles. The molecule has 0 saturated carbocycles. The Labute approximate surface area is 109 Å². The van der Waals surface area contributed by atoms with Gasteiger partial charge in [-0.05, 0) is 37.6 Å². The number of hydrogen-bond donors (Lipinski definition) is 1. The summed E-state index contributed by atoms with van der Waals surface area (Å²) >= 11 is 3.50. The zero-order chi connectivity index (χ0) is 12.4. The molecule has 17 heavy (non-hydrogen) atoms. The summed E-state index contributed by atoms with van der Waals surface area (Å²) in [6.07, 6.45) is 0. The van der Waals surface area contributed by atoms with Crippen LogP contribution in [0, 0.1) is 6.92 Å². The summed E-state index contributed by atoms with van der Waals surface area (Å²) in [4.78, 5) is 0. The molecule has 0 amide bonds.